The Bertz CT molecular complexity index is 675. The van der Waals surface area contributed by atoms with Crippen LogP contribution in [0.4, 0.5) is 11.6 Å². The van der Waals surface area contributed by atoms with Crippen molar-refractivity contribution in [1.82, 2.24) is 15.0 Å². The predicted octanol–water partition coefficient (Wildman–Crippen LogP) is 3.49. The molecule has 3 N–H and O–H groups in total. The van der Waals surface area contributed by atoms with E-state index in [1.807, 2.05) is 20.8 Å². The van der Waals surface area contributed by atoms with E-state index in [1.54, 1.807) is 11.3 Å². The van der Waals surface area contributed by atoms with E-state index in [0.29, 0.717) is 11.7 Å². The smallest absolute Gasteiger partial charge is 0.136 e. The SMILES string of the molecule is Cc1nc(C)c(C(C)Nc2nc(C3CC3)nc(N)c2C)s1. The number of hydrogen-bond donors (Lipinski definition) is 2. The Morgan fingerprint density at radius 2 is 1.90 bits per heavy atom. The van der Waals surface area contributed by atoms with E-state index in [2.05, 4.69) is 27.2 Å². The Morgan fingerprint density at radius 3 is 2.48 bits per heavy atom. The molecule has 5 nitrogen and oxygen atoms in total. The summed E-state index contributed by atoms with van der Waals surface area (Å²) in [6.07, 6.45) is 2.34. The summed E-state index contributed by atoms with van der Waals surface area (Å²) in [6, 6.07) is 0.163. The molecule has 2 heterocycles. The number of nitrogens with one attached hydrogen (secondary N) is 1. The number of rotatable bonds is 4. The molecule has 21 heavy (non-hydrogen) atoms. The van der Waals surface area contributed by atoms with Gasteiger partial charge in [0.05, 0.1) is 16.7 Å². The first-order chi connectivity index (χ1) is 9.95. The van der Waals surface area contributed by atoms with Gasteiger partial charge in [0.15, 0.2) is 0 Å². The van der Waals surface area contributed by atoms with Crippen LogP contribution in [0.1, 0.15) is 58.7 Å². The topological polar surface area (TPSA) is 76.7 Å². The lowest BCUT2D eigenvalue weighted by Gasteiger charge is -2.17. The van der Waals surface area contributed by atoms with Gasteiger partial charge in [-0.15, -0.1) is 11.3 Å². The fraction of sp³-hybridized carbons (Fsp3) is 0.533. The van der Waals surface area contributed by atoms with Gasteiger partial charge in [-0.1, -0.05) is 0 Å². The van der Waals surface area contributed by atoms with E-state index in [-0.39, 0.29) is 6.04 Å². The van der Waals surface area contributed by atoms with Crippen LogP contribution in [0.25, 0.3) is 0 Å². The minimum Gasteiger partial charge on any atom is -0.383 e. The molecular weight excluding hydrogens is 282 g/mol. The second kappa shape index (κ2) is 5.26. The van der Waals surface area contributed by atoms with Crippen LogP contribution in [0.5, 0.6) is 0 Å². The first-order valence-electron chi connectivity index (χ1n) is 7.30. The Kier molecular flexibility index (Phi) is 3.57. The molecule has 1 aliphatic rings. The van der Waals surface area contributed by atoms with Crippen molar-refractivity contribution in [2.24, 2.45) is 0 Å². The number of aromatic nitrogens is 3. The minimum absolute atomic E-state index is 0.163. The van der Waals surface area contributed by atoms with Gasteiger partial charge in [-0.3, -0.25) is 0 Å². The Hall–Kier alpha value is -1.69. The molecule has 0 radical (unpaired) electrons. The molecular formula is C15H21N5S. The molecule has 1 fully saturated rings. The van der Waals surface area contributed by atoms with Crippen LogP contribution in [0.2, 0.25) is 0 Å². The molecule has 0 aliphatic heterocycles. The first-order valence-corrected chi connectivity index (χ1v) is 8.11. The first kappa shape index (κ1) is 14.3. The lowest BCUT2D eigenvalue weighted by Crippen LogP contribution is -2.12. The molecule has 0 aromatic carbocycles. The number of nitrogen functional groups attached to an aromatic ring is 1. The molecule has 2 aromatic rings. The molecule has 112 valence electrons. The quantitative estimate of drug-likeness (QED) is 0.904. The van der Waals surface area contributed by atoms with Gasteiger partial charge in [-0.05, 0) is 40.5 Å². The van der Waals surface area contributed by atoms with Gasteiger partial charge in [0, 0.05) is 16.4 Å². The molecule has 6 heteroatoms. The zero-order chi connectivity index (χ0) is 15.1. The van der Waals surface area contributed by atoms with E-state index in [0.717, 1.165) is 27.9 Å². The van der Waals surface area contributed by atoms with Crippen LogP contribution < -0.4 is 11.1 Å². The average Bonchev–Trinajstić information content (AvgIpc) is 3.20. The Morgan fingerprint density at radius 1 is 1.19 bits per heavy atom. The number of hydrogen-bond acceptors (Lipinski definition) is 6. The van der Waals surface area contributed by atoms with E-state index in [1.165, 1.54) is 17.7 Å². The van der Waals surface area contributed by atoms with Gasteiger partial charge < -0.3 is 11.1 Å². The van der Waals surface area contributed by atoms with Crippen LogP contribution in [-0.4, -0.2) is 15.0 Å². The van der Waals surface area contributed by atoms with E-state index >= 15 is 0 Å². The van der Waals surface area contributed by atoms with Crippen molar-refractivity contribution in [1.29, 1.82) is 0 Å². The van der Waals surface area contributed by atoms with Crippen LogP contribution in [0.3, 0.4) is 0 Å². The molecule has 0 spiro atoms. The fourth-order valence-corrected chi connectivity index (χ4v) is 3.37. The highest BCUT2D eigenvalue weighted by atomic mass is 32.1. The van der Waals surface area contributed by atoms with Crippen LogP contribution >= 0.6 is 11.3 Å². The summed E-state index contributed by atoms with van der Waals surface area (Å²) in [5.41, 5.74) is 8.04. The second-order valence-corrected chi connectivity index (χ2v) is 7.00. The highest BCUT2D eigenvalue weighted by Crippen LogP contribution is 2.39. The number of nitrogens with two attached hydrogens (primary N) is 1. The summed E-state index contributed by atoms with van der Waals surface area (Å²) in [5, 5.41) is 4.58. The molecule has 0 saturated heterocycles. The molecule has 1 atom stereocenters. The van der Waals surface area contributed by atoms with Crippen molar-refractivity contribution in [3.05, 3.63) is 27.0 Å². The molecule has 0 bridgehead atoms. The third-order valence-corrected chi connectivity index (χ3v) is 5.08. The number of thiazole rings is 1. The van der Waals surface area contributed by atoms with Crippen LogP contribution in [0, 0.1) is 20.8 Å². The van der Waals surface area contributed by atoms with Crippen molar-refractivity contribution in [2.75, 3.05) is 11.1 Å². The summed E-state index contributed by atoms with van der Waals surface area (Å²) < 4.78 is 0. The standard InChI is InChI=1S/C15H21N5S/c1-7-13(16)19-15(11-5-6-11)20-14(7)18-9(3)12-8(2)17-10(4)21-12/h9,11H,5-6H2,1-4H3,(H3,16,18,19,20). The van der Waals surface area contributed by atoms with E-state index in [9.17, 15) is 0 Å². The van der Waals surface area contributed by atoms with Gasteiger partial charge >= 0.3 is 0 Å². The number of nitrogens with zero attached hydrogens (tertiary/aromatic N) is 3. The van der Waals surface area contributed by atoms with Gasteiger partial charge in [0.2, 0.25) is 0 Å². The van der Waals surface area contributed by atoms with E-state index in [4.69, 9.17) is 5.73 Å². The number of anilines is 2. The molecule has 1 unspecified atom stereocenters. The largest absolute Gasteiger partial charge is 0.383 e. The Labute approximate surface area is 129 Å². The second-order valence-electron chi connectivity index (χ2n) is 5.76. The lowest BCUT2D eigenvalue weighted by molar-refractivity contribution is 0.854. The normalized spacial score (nSPS) is 16.0. The average molecular weight is 303 g/mol. The van der Waals surface area contributed by atoms with Gasteiger partial charge in [-0.25, -0.2) is 15.0 Å². The van der Waals surface area contributed by atoms with Crippen LogP contribution in [0.15, 0.2) is 0 Å². The Balaban J connectivity index is 1.88. The molecule has 1 saturated carbocycles. The number of aryl methyl sites for hydroxylation is 2. The maximum absolute atomic E-state index is 6.03. The van der Waals surface area contributed by atoms with Gasteiger partial charge in [0.1, 0.15) is 17.5 Å². The predicted molar refractivity (Wildman–Crippen MR) is 86.8 cm³/mol. The minimum atomic E-state index is 0.163. The monoisotopic (exact) mass is 303 g/mol. The van der Waals surface area contributed by atoms with Crippen molar-refractivity contribution in [3.63, 3.8) is 0 Å². The summed E-state index contributed by atoms with van der Waals surface area (Å²) >= 11 is 1.73. The van der Waals surface area contributed by atoms with Crippen LogP contribution in [-0.2, 0) is 0 Å². The lowest BCUT2D eigenvalue weighted by atomic mass is 10.2. The fourth-order valence-electron chi connectivity index (χ4n) is 2.44. The van der Waals surface area contributed by atoms with Crippen molar-refractivity contribution in [2.45, 2.75) is 52.5 Å². The summed E-state index contributed by atoms with van der Waals surface area (Å²) in [6.45, 7) is 8.18. The maximum Gasteiger partial charge on any atom is 0.136 e. The van der Waals surface area contributed by atoms with E-state index < -0.39 is 0 Å². The summed E-state index contributed by atoms with van der Waals surface area (Å²) in [5.74, 6) is 2.81. The van der Waals surface area contributed by atoms with Crippen molar-refractivity contribution >= 4 is 23.0 Å². The molecule has 3 rings (SSSR count). The zero-order valence-electron chi connectivity index (χ0n) is 12.9. The molecule has 1 aliphatic carbocycles. The third-order valence-electron chi connectivity index (χ3n) is 3.83. The zero-order valence-corrected chi connectivity index (χ0v) is 13.7. The molecule has 2 aromatic heterocycles. The third kappa shape index (κ3) is 2.85. The highest BCUT2D eigenvalue weighted by Gasteiger charge is 2.28. The van der Waals surface area contributed by atoms with Crippen molar-refractivity contribution in [3.8, 4) is 0 Å². The van der Waals surface area contributed by atoms with Gasteiger partial charge in [-0.2, -0.15) is 0 Å². The van der Waals surface area contributed by atoms with Crippen molar-refractivity contribution < 1.29 is 0 Å². The van der Waals surface area contributed by atoms with Gasteiger partial charge in [0.25, 0.3) is 0 Å². The highest BCUT2D eigenvalue weighted by molar-refractivity contribution is 7.11. The summed E-state index contributed by atoms with van der Waals surface area (Å²) in [7, 11) is 0. The molecule has 0 amide bonds. The maximum atomic E-state index is 6.03. The summed E-state index contributed by atoms with van der Waals surface area (Å²) in [4.78, 5) is 14.8.